The molecule has 0 bridgehead atoms. The minimum absolute atomic E-state index is 0.152. The van der Waals surface area contributed by atoms with Crippen LogP contribution >= 0.6 is 11.3 Å². The van der Waals surface area contributed by atoms with Crippen molar-refractivity contribution < 1.29 is 9.53 Å². The summed E-state index contributed by atoms with van der Waals surface area (Å²) in [6, 6.07) is 0. The van der Waals surface area contributed by atoms with Crippen LogP contribution in [0, 0.1) is 6.92 Å². The number of aryl methyl sites for hydroxylation is 1. The third-order valence-corrected chi connectivity index (χ3v) is 2.47. The molecule has 1 N–H and O–H groups in total. The maximum absolute atomic E-state index is 11.4. The van der Waals surface area contributed by atoms with Gasteiger partial charge in [-0.2, -0.15) is 0 Å². The van der Waals surface area contributed by atoms with Crippen molar-refractivity contribution in [3.8, 4) is 0 Å². The molecule has 14 heavy (non-hydrogen) atoms. The van der Waals surface area contributed by atoms with Crippen LogP contribution in [0.3, 0.4) is 0 Å². The summed E-state index contributed by atoms with van der Waals surface area (Å²) in [5, 5.41) is 3.31. The van der Waals surface area contributed by atoms with E-state index in [1.54, 1.807) is 13.1 Å². The number of amides is 1. The molecule has 1 amide bonds. The van der Waals surface area contributed by atoms with Gasteiger partial charge in [-0.1, -0.05) is 0 Å². The molecule has 0 radical (unpaired) electrons. The van der Waals surface area contributed by atoms with Crippen molar-refractivity contribution in [3.63, 3.8) is 0 Å². The van der Waals surface area contributed by atoms with Crippen molar-refractivity contribution in [3.05, 3.63) is 11.1 Å². The number of nitrogens with one attached hydrogen (secondary N) is 1. The highest BCUT2D eigenvalue weighted by atomic mass is 32.1. The molecule has 1 rings (SSSR count). The summed E-state index contributed by atoms with van der Waals surface area (Å²) in [7, 11) is 0. The summed E-state index contributed by atoms with van der Waals surface area (Å²) in [5.41, 5.74) is 0. The maximum Gasteiger partial charge on any atom is 0.254 e. The van der Waals surface area contributed by atoms with Gasteiger partial charge in [0.15, 0.2) is 5.13 Å². The average molecular weight is 214 g/mol. The molecule has 5 heteroatoms. The van der Waals surface area contributed by atoms with Gasteiger partial charge in [-0.3, -0.25) is 10.1 Å². The summed E-state index contributed by atoms with van der Waals surface area (Å²) >= 11 is 1.45. The molecule has 1 unspecified atom stereocenters. The van der Waals surface area contributed by atoms with Crippen molar-refractivity contribution in [1.82, 2.24) is 4.98 Å². The summed E-state index contributed by atoms with van der Waals surface area (Å²) in [5.74, 6) is -0.152. The lowest BCUT2D eigenvalue weighted by Gasteiger charge is -2.09. The van der Waals surface area contributed by atoms with Gasteiger partial charge in [0.2, 0.25) is 0 Å². The van der Waals surface area contributed by atoms with E-state index >= 15 is 0 Å². The third-order valence-electron chi connectivity index (χ3n) is 1.64. The number of rotatable bonds is 4. The van der Waals surface area contributed by atoms with Gasteiger partial charge in [0.25, 0.3) is 5.91 Å². The molecule has 0 saturated heterocycles. The summed E-state index contributed by atoms with van der Waals surface area (Å²) in [6.07, 6.45) is 1.30. The van der Waals surface area contributed by atoms with Crippen molar-refractivity contribution in [2.45, 2.75) is 26.9 Å². The molecular weight excluding hydrogens is 200 g/mol. The number of hydrogen-bond acceptors (Lipinski definition) is 4. The van der Waals surface area contributed by atoms with Gasteiger partial charge >= 0.3 is 0 Å². The molecule has 0 aliphatic heterocycles. The molecular formula is C9H14N2O2S. The molecule has 0 aromatic carbocycles. The Morgan fingerprint density at radius 3 is 3.00 bits per heavy atom. The van der Waals surface area contributed by atoms with E-state index in [0.29, 0.717) is 11.7 Å². The maximum atomic E-state index is 11.4. The molecule has 1 aromatic rings. The highest BCUT2D eigenvalue weighted by Gasteiger charge is 2.13. The predicted molar refractivity (Wildman–Crippen MR) is 56.6 cm³/mol. The number of thiazole rings is 1. The zero-order chi connectivity index (χ0) is 10.6. The first-order valence-corrected chi connectivity index (χ1v) is 5.30. The Morgan fingerprint density at radius 1 is 1.79 bits per heavy atom. The smallest absolute Gasteiger partial charge is 0.254 e. The summed E-state index contributed by atoms with van der Waals surface area (Å²) < 4.78 is 5.15. The van der Waals surface area contributed by atoms with Crippen molar-refractivity contribution in [1.29, 1.82) is 0 Å². The predicted octanol–water partition coefficient (Wildman–Crippen LogP) is 1.82. The average Bonchev–Trinajstić information content (AvgIpc) is 2.51. The Kier molecular flexibility index (Phi) is 4.03. The number of carbonyl (C=O) groups excluding carboxylic acids is 1. The van der Waals surface area contributed by atoms with Crippen LogP contribution in [0.15, 0.2) is 6.20 Å². The number of carbonyl (C=O) groups is 1. The number of aromatic nitrogens is 1. The second-order valence-corrected chi connectivity index (χ2v) is 4.10. The SMILES string of the molecule is CCOC(C)C(=O)Nc1ncc(C)s1. The first-order chi connectivity index (χ1) is 6.63. The fraction of sp³-hybridized carbons (Fsp3) is 0.556. The van der Waals surface area contributed by atoms with E-state index in [-0.39, 0.29) is 5.91 Å². The Hall–Kier alpha value is -0.940. The highest BCUT2D eigenvalue weighted by Crippen LogP contribution is 2.16. The van der Waals surface area contributed by atoms with Crippen LogP contribution in [-0.4, -0.2) is 23.6 Å². The van der Waals surface area contributed by atoms with Gasteiger partial charge in [-0.05, 0) is 20.8 Å². The molecule has 0 aliphatic rings. The van der Waals surface area contributed by atoms with Gasteiger partial charge in [-0.15, -0.1) is 11.3 Å². The largest absolute Gasteiger partial charge is 0.369 e. The molecule has 0 spiro atoms. The lowest BCUT2D eigenvalue weighted by molar-refractivity contribution is -0.126. The molecule has 0 fully saturated rings. The molecule has 0 aliphatic carbocycles. The van der Waals surface area contributed by atoms with Crippen LogP contribution in [0.25, 0.3) is 0 Å². The lowest BCUT2D eigenvalue weighted by Crippen LogP contribution is -2.27. The van der Waals surface area contributed by atoms with Gasteiger partial charge in [0, 0.05) is 17.7 Å². The molecule has 4 nitrogen and oxygen atoms in total. The minimum Gasteiger partial charge on any atom is -0.369 e. The van der Waals surface area contributed by atoms with E-state index in [1.807, 2.05) is 13.8 Å². The summed E-state index contributed by atoms with van der Waals surface area (Å²) in [4.78, 5) is 16.5. The van der Waals surface area contributed by atoms with Crippen LogP contribution in [-0.2, 0) is 9.53 Å². The number of anilines is 1. The second-order valence-electron chi connectivity index (χ2n) is 2.86. The molecule has 78 valence electrons. The van der Waals surface area contributed by atoms with Crippen LogP contribution in [0.4, 0.5) is 5.13 Å². The Bertz CT molecular complexity index is 312. The normalized spacial score (nSPS) is 12.5. The molecule has 1 aromatic heterocycles. The van der Waals surface area contributed by atoms with Gasteiger partial charge in [0.1, 0.15) is 6.10 Å². The molecule has 0 saturated carbocycles. The standard InChI is InChI=1S/C9H14N2O2S/c1-4-13-7(3)8(12)11-9-10-5-6(2)14-9/h5,7H,4H2,1-3H3,(H,10,11,12). The van der Waals surface area contributed by atoms with Crippen molar-refractivity contribution >= 4 is 22.4 Å². The van der Waals surface area contributed by atoms with E-state index in [4.69, 9.17) is 4.74 Å². The van der Waals surface area contributed by atoms with Gasteiger partial charge < -0.3 is 4.74 Å². The van der Waals surface area contributed by atoms with E-state index in [1.165, 1.54) is 11.3 Å². The van der Waals surface area contributed by atoms with Crippen LogP contribution in [0.1, 0.15) is 18.7 Å². The van der Waals surface area contributed by atoms with E-state index in [2.05, 4.69) is 10.3 Å². The highest BCUT2D eigenvalue weighted by molar-refractivity contribution is 7.15. The van der Waals surface area contributed by atoms with E-state index < -0.39 is 6.10 Å². The number of hydrogen-bond donors (Lipinski definition) is 1. The lowest BCUT2D eigenvalue weighted by atomic mass is 10.4. The fourth-order valence-electron chi connectivity index (χ4n) is 0.945. The fourth-order valence-corrected chi connectivity index (χ4v) is 1.61. The van der Waals surface area contributed by atoms with Gasteiger partial charge in [-0.25, -0.2) is 4.98 Å². The minimum atomic E-state index is -0.427. The number of nitrogens with zero attached hydrogens (tertiary/aromatic N) is 1. The van der Waals surface area contributed by atoms with Crippen LogP contribution in [0.2, 0.25) is 0 Å². The summed E-state index contributed by atoms with van der Waals surface area (Å²) in [6.45, 7) is 6.06. The first kappa shape index (κ1) is 11.1. The zero-order valence-electron chi connectivity index (χ0n) is 8.53. The zero-order valence-corrected chi connectivity index (χ0v) is 9.35. The van der Waals surface area contributed by atoms with Crippen LogP contribution in [0.5, 0.6) is 0 Å². The molecule has 1 atom stereocenters. The van der Waals surface area contributed by atoms with Gasteiger partial charge in [0.05, 0.1) is 0 Å². The van der Waals surface area contributed by atoms with E-state index in [0.717, 1.165) is 4.88 Å². The Balaban J connectivity index is 2.48. The quantitative estimate of drug-likeness (QED) is 0.831. The third kappa shape index (κ3) is 3.08. The van der Waals surface area contributed by atoms with Crippen LogP contribution < -0.4 is 5.32 Å². The first-order valence-electron chi connectivity index (χ1n) is 4.48. The van der Waals surface area contributed by atoms with E-state index in [9.17, 15) is 4.79 Å². The Morgan fingerprint density at radius 2 is 2.50 bits per heavy atom. The topological polar surface area (TPSA) is 51.2 Å². The van der Waals surface area contributed by atoms with Crippen molar-refractivity contribution in [2.75, 3.05) is 11.9 Å². The second kappa shape index (κ2) is 5.07. The van der Waals surface area contributed by atoms with Crippen molar-refractivity contribution in [2.24, 2.45) is 0 Å². The monoisotopic (exact) mass is 214 g/mol. The molecule has 1 heterocycles. The Labute approximate surface area is 87.3 Å². The number of ether oxygens (including phenoxy) is 1.